The molecular weight excluding hydrogens is 242 g/mol. The van der Waals surface area contributed by atoms with Crippen LogP contribution in [0.3, 0.4) is 0 Å². The molecule has 0 aliphatic heterocycles. The highest BCUT2D eigenvalue weighted by molar-refractivity contribution is 5.87. The van der Waals surface area contributed by atoms with Crippen molar-refractivity contribution < 1.29 is 14.6 Å². The third-order valence-electron chi connectivity index (χ3n) is 2.71. The van der Waals surface area contributed by atoms with E-state index in [4.69, 9.17) is 5.11 Å². The molecule has 19 heavy (non-hydrogen) atoms. The third-order valence-corrected chi connectivity index (χ3v) is 2.71. The Morgan fingerprint density at radius 1 is 1.11 bits per heavy atom. The molecule has 0 heterocycles. The molecule has 2 rings (SSSR count). The Balaban J connectivity index is 2.25. The van der Waals surface area contributed by atoms with Gasteiger partial charge in [0.1, 0.15) is 0 Å². The number of benzene rings is 2. The predicted molar refractivity (Wildman–Crippen MR) is 73.0 cm³/mol. The van der Waals surface area contributed by atoms with Crippen LogP contribution in [0.25, 0.3) is 0 Å². The monoisotopic (exact) mass is 255 g/mol. The first-order valence-corrected chi connectivity index (χ1v) is 5.77. The Hall–Kier alpha value is -2.62. The van der Waals surface area contributed by atoms with Crippen LogP contribution in [0.15, 0.2) is 48.5 Å². The minimum Gasteiger partial charge on any atom is -0.618 e. The molecule has 0 unspecified atom stereocenters. The van der Waals surface area contributed by atoms with E-state index in [1.165, 1.54) is 30.5 Å². The quantitative estimate of drug-likeness (QED) is 0.397. The third kappa shape index (κ3) is 3.19. The molecule has 0 bridgehead atoms. The van der Waals surface area contributed by atoms with Crippen molar-refractivity contribution in [3.8, 4) is 0 Å². The standard InChI is InChI=1S/C15H13NO3/c1-11-2-4-12(5-3-11)10-16(19)14-8-6-13(7-9-14)15(17)18/h2-10H,1H3,(H,17,18)/b16-10-. The highest BCUT2D eigenvalue weighted by atomic mass is 16.5. The SMILES string of the molecule is Cc1ccc(/C=[N+](\[O-])c2ccc(C(=O)O)cc2)cc1. The van der Waals surface area contributed by atoms with Crippen LogP contribution >= 0.6 is 0 Å². The summed E-state index contributed by atoms with van der Waals surface area (Å²) in [6.45, 7) is 1.98. The van der Waals surface area contributed by atoms with Gasteiger partial charge in [0.25, 0.3) is 0 Å². The highest BCUT2D eigenvalue weighted by Gasteiger charge is 2.05. The minimum atomic E-state index is -1.01. The van der Waals surface area contributed by atoms with E-state index >= 15 is 0 Å². The van der Waals surface area contributed by atoms with Gasteiger partial charge in [0.2, 0.25) is 5.69 Å². The Morgan fingerprint density at radius 3 is 2.21 bits per heavy atom. The van der Waals surface area contributed by atoms with Gasteiger partial charge in [-0.3, -0.25) is 0 Å². The lowest BCUT2D eigenvalue weighted by Crippen LogP contribution is -2.00. The molecule has 4 heteroatoms. The van der Waals surface area contributed by atoms with Crippen LogP contribution in [-0.4, -0.2) is 22.0 Å². The van der Waals surface area contributed by atoms with E-state index in [9.17, 15) is 10.0 Å². The van der Waals surface area contributed by atoms with Gasteiger partial charge in [-0.25, -0.2) is 4.79 Å². The van der Waals surface area contributed by atoms with Crippen LogP contribution in [0.2, 0.25) is 0 Å². The first-order chi connectivity index (χ1) is 9.06. The fourth-order valence-corrected chi connectivity index (χ4v) is 1.61. The second-order valence-electron chi connectivity index (χ2n) is 4.22. The topological polar surface area (TPSA) is 63.4 Å². The average Bonchev–Trinajstić information content (AvgIpc) is 2.41. The van der Waals surface area contributed by atoms with E-state index in [1.54, 1.807) is 0 Å². The summed E-state index contributed by atoms with van der Waals surface area (Å²) < 4.78 is 0.719. The normalized spacial score (nSPS) is 11.3. The minimum absolute atomic E-state index is 0.160. The summed E-state index contributed by atoms with van der Waals surface area (Å²) in [5.74, 6) is -1.01. The van der Waals surface area contributed by atoms with Crippen molar-refractivity contribution in [3.63, 3.8) is 0 Å². The summed E-state index contributed by atoms with van der Waals surface area (Å²) >= 11 is 0. The maximum atomic E-state index is 11.9. The fourth-order valence-electron chi connectivity index (χ4n) is 1.61. The Labute approximate surface area is 110 Å². The predicted octanol–water partition coefficient (Wildman–Crippen LogP) is 2.95. The van der Waals surface area contributed by atoms with Gasteiger partial charge in [-0.2, -0.15) is 4.74 Å². The second kappa shape index (κ2) is 5.35. The number of hydrogen-bond acceptors (Lipinski definition) is 2. The molecule has 0 spiro atoms. The zero-order chi connectivity index (χ0) is 13.8. The van der Waals surface area contributed by atoms with Gasteiger partial charge in [-0.1, -0.05) is 17.7 Å². The van der Waals surface area contributed by atoms with E-state index in [-0.39, 0.29) is 5.56 Å². The number of carboxylic acid groups (broad SMARTS) is 1. The van der Waals surface area contributed by atoms with E-state index < -0.39 is 5.97 Å². The Kier molecular flexibility index (Phi) is 3.61. The molecule has 2 aromatic rings. The van der Waals surface area contributed by atoms with Gasteiger partial charge < -0.3 is 10.3 Å². The lowest BCUT2D eigenvalue weighted by molar-refractivity contribution is -0.354. The van der Waals surface area contributed by atoms with Gasteiger partial charge in [0.15, 0.2) is 6.21 Å². The van der Waals surface area contributed by atoms with Crippen LogP contribution in [-0.2, 0) is 0 Å². The number of aromatic carboxylic acids is 1. The van der Waals surface area contributed by atoms with E-state index in [1.807, 2.05) is 31.2 Å². The van der Waals surface area contributed by atoms with Crippen molar-refractivity contribution in [1.82, 2.24) is 0 Å². The van der Waals surface area contributed by atoms with Gasteiger partial charge >= 0.3 is 5.97 Å². The summed E-state index contributed by atoms with van der Waals surface area (Å²) in [4.78, 5) is 10.7. The van der Waals surface area contributed by atoms with Crippen molar-refractivity contribution in [2.24, 2.45) is 0 Å². The number of rotatable bonds is 3. The molecule has 0 saturated carbocycles. The van der Waals surface area contributed by atoms with Crippen LogP contribution in [0.1, 0.15) is 21.5 Å². The number of nitrogens with zero attached hydrogens (tertiary/aromatic N) is 1. The van der Waals surface area contributed by atoms with Crippen LogP contribution in [0.5, 0.6) is 0 Å². The van der Waals surface area contributed by atoms with Gasteiger partial charge in [0, 0.05) is 17.7 Å². The number of aryl methyl sites for hydroxylation is 1. The highest BCUT2D eigenvalue weighted by Crippen LogP contribution is 2.13. The largest absolute Gasteiger partial charge is 0.618 e. The Bertz CT molecular complexity index is 613. The summed E-state index contributed by atoms with van der Waals surface area (Å²) in [6, 6.07) is 13.3. The molecule has 0 aliphatic rings. The van der Waals surface area contributed by atoms with Gasteiger partial charge in [-0.05, 0) is 31.2 Å². The molecule has 0 aromatic heterocycles. The molecule has 2 aromatic carbocycles. The first kappa shape index (κ1) is 12.8. The molecule has 1 N–H and O–H groups in total. The number of carbonyl (C=O) groups is 1. The molecule has 0 atom stereocenters. The first-order valence-electron chi connectivity index (χ1n) is 5.77. The lowest BCUT2D eigenvalue weighted by atomic mass is 10.2. The Morgan fingerprint density at radius 2 is 1.68 bits per heavy atom. The number of carboxylic acids is 1. The van der Waals surface area contributed by atoms with Crippen molar-refractivity contribution >= 4 is 17.9 Å². The van der Waals surface area contributed by atoms with Gasteiger partial charge in [-0.15, -0.1) is 0 Å². The fraction of sp³-hybridized carbons (Fsp3) is 0.0667. The summed E-state index contributed by atoms with van der Waals surface area (Å²) in [5.41, 5.74) is 2.47. The second-order valence-corrected chi connectivity index (χ2v) is 4.22. The molecule has 0 radical (unpaired) electrons. The molecule has 0 fully saturated rings. The summed E-state index contributed by atoms with van der Waals surface area (Å²) in [6.07, 6.45) is 1.45. The van der Waals surface area contributed by atoms with Crippen LogP contribution < -0.4 is 0 Å². The maximum absolute atomic E-state index is 11.9. The van der Waals surface area contributed by atoms with Crippen molar-refractivity contribution in [2.45, 2.75) is 6.92 Å². The van der Waals surface area contributed by atoms with Crippen molar-refractivity contribution in [2.75, 3.05) is 0 Å². The molecule has 96 valence electrons. The van der Waals surface area contributed by atoms with E-state index in [2.05, 4.69) is 0 Å². The zero-order valence-corrected chi connectivity index (χ0v) is 10.4. The summed E-state index contributed by atoms with van der Waals surface area (Å²) in [5, 5.41) is 20.7. The lowest BCUT2D eigenvalue weighted by Gasteiger charge is -2.03. The summed E-state index contributed by atoms with van der Waals surface area (Å²) in [7, 11) is 0. The molecule has 4 nitrogen and oxygen atoms in total. The van der Waals surface area contributed by atoms with Crippen molar-refractivity contribution in [3.05, 3.63) is 70.4 Å². The molecule has 0 saturated heterocycles. The zero-order valence-electron chi connectivity index (χ0n) is 10.4. The van der Waals surface area contributed by atoms with Crippen molar-refractivity contribution in [1.29, 1.82) is 0 Å². The maximum Gasteiger partial charge on any atom is 0.335 e. The van der Waals surface area contributed by atoms with E-state index in [0.29, 0.717) is 5.69 Å². The molecule has 0 amide bonds. The average molecular weight is 255 g/mol. The van der Waals surface area contributed by atoms with Gasteiger partial charge in [0.05, 0.1) is 5.56 Å². The van der Waals surface area contributed by atoms with Crippen LogP contribution in [0, 0.1) is 12.1 Å². The van der Waals surface area contributed by atoms with Crippen LogP contribution in [0.4, 0.5) is 5.69 Å². The number of hydrogen-bond donors (Lipinski definition) is 1. The van der Waals surface area contributed by atoms with E-state index in [0.717, 1.165) is 15.9 Å². The molecular formula is C15H13NO3. The smallest absolute Gasteiger partial charge is 0.335 e. The molecule has 0 aliphatic carbocycles.